The summed E-state index contributed by atoms with van der Waals surface area (Å²) < 4.78 is 40.6. The third-order valence-corrected chi connectivity index (χ3v) is 7.66. The lowest BCUT2D eigenvalue weighted by Gasteiger charge is -2.61. The highest BCUT2D eigenvalue weighted by molar-refractivity contribution is 6.10. The van der Waals surface area contributed by atoms with Gasteiger partial charge >= 0.3 is 6.18 Å². The van der Waals surface area contributed by atoms with Crippen LogP contribution in [0.15, 0.2) is 36.5 Å². The Labute approximate surface area is 214 Å². The molecule has 3 aromatic heterocycles. The number of carbonyl (C=O) groups excluding carboxylic acids is 2. The van der Waals surface area contributed by atoms with Crippen molar-refractivity contribution in [1.82, 2.24) is 35.0 Å². The number of fused-ring (bicyclic) bond motifs is 3. The van der Waals surface area contributed by atoms with Crippen molar-refractivity contribution in [2.45, 2.75) is 32.0 Å². The largest absolute Gasteiger partial charge is 0.435 e. The first-order valence-corrected chi connectivity index (χ1v) is 12.0. The van der Waals surface area contributed by atoms with E-state index in [1.54, 1.807) is 36.1 Å². The molecule has 1 aromatic carbocycles. The van der Waals surface area contributed by atoms with Gasteiger partial charge in [-0.1, -0.05) is 0 Å². The van der Waals surface area contributed by atoms with E-state index >= 15 is 0 Å². The topological polar surface area (TPSA) is 123 Å². The molecule has 4 aromatic rings. The number of hydrogen-bond donors (Lipinski definition) is 1. The molecule has 3 fully saturated rings. The van der Waals surface area contributed by atoms with Crippen LogP contribution in [0, 0.1) is 11.3 Å². The highest BCUT2D eigenvalue weighted by Gasteiger charge is 2.62. The van der Waals surface area contributed by atoms with Crippen LogP contribution in [-0.2, 0) is 24.6 Å². The Balaban J connectivity index is 1.38. The fraction of sp³-hybridized carbons (Fsp3) is 0.360. The second-order valence-corrected chi connectivity index (χ2v) is 10.1. The number of aryl methyl sites for hydroxylation is 1. The highest BCUT2D eigenvalue weighted by Crippen LogP contribution is 2.65. The minimum absolute atomic E-state index is 0.104. The number of aromatic nitrogens is 5. The molecule has 7 rings (SSSR count). The fourth-order valence-corrected chi connectivity index (χ4v) is 5.50. The Bertz CT molecular complexity index is 1600. The number of rotatable bonds is 4. The molecule has 3 heterocycles. The van der Waals surface area contributed by atoms with E-state index in [2.05, 4.69) is 20.3 Å². The van der Waals surface area contributed by atoms with Crippen LogP contribution in [0.1, 0.15) is 41.0 Å². The molecule has 2 amide bonds. The summed E-state index contributed by atoms with van der Waals surface area (Å²) in [5.41, 5.74) is 6.07. The molecule has 3 aliphatic carbocycles. The van der Waals surface area contributed by atoms with E-state index in [0.29, 0.717) is 33.5 Å². The number of nitrogens with zero attached hydrogens (tertiary/aromatic N) is 7. The van der Waals surface area contributed by atoms with Crippen molar-refractivity contribution in [2.24, 2.45) is 18.4 Å². The van der Waals surface area contributed by atoms with Gasteiger partial charge in [0.05, 0.1) is 40.3 Å². The second kappa shape index (κ2) is 8.10. The standard InChI is InChI=1S/C25H23F3N8O2/c1-34-20-16-7-14(3-5-18(16)31-21(29)17(20)11-30-34)22(37)36(35(2)23(38)24-8-13(9-24)10-24)12-15-4-6-19(33-32-15)25(26,27)28/h3-7,11,13H,8-10,12H2,1-2H3,(H2,29,31). The number of hydrogen-bond acceptors (Lipinski definition) is 7. The molecule has 0 atom stereocenters. The number of anilines is 1. The predicted molar refractivity (Wildman–Crippen MR) is 130 cm³/mol. The Morgan fingerprint density at radius 2 is 1.87 bits per heavy atom. The number of benzene rings is 1. The van der Waals surface area contributed by atoms with E-state index in [1.165, 1.54) is 17.1 Å². The second-order valence-electron chi connectivity index (χ2n) is 10.1. The lowest BCUT2D eigenvalue weighted by molar-refractivity contribution is -0.188. The average Bonchev–Trinajstić information content (AvgIpc) is 3.22. The van der Waals surface area contributed by atoms with Crippen LogP contribution < -0.4 is 5.73 Å². The Morgan fingerprint density at radius 3 is 2.47 bits per heavy atom. The minimum Gasteiger partial charge on any atom is -0.383 e. The smallest absolute Gasteiger partial charge is 0.383 e. The third-order valence-electron chi connectivity index (χ3n) is 7.66. The summed E-state index contributed by atoms with van der Waals surface area (Å²) in [6, 6.07) is 6.84. The summed E-state index contributed by atoms with van der Waals surface area (Å²) in [7, 11) is 3.25. The molecular formula is C25H23F3N8O2. The third kappa shape index (κ3) is 3.63. The molecule has 2 bridgehead atoms. The van der Waals surface area contributed by atoms with Crippen LogP contribution in [-0.4, -0.2) is 53.8 Å². The summed E-state index contributed by atoms with van der Waals surface area (Å²) >= 11 is 0. The molecule has 0 saturated heterocycles. The van der Waals surface area contributed by atoms with Gasteiger partial charge in [0, 0.05) is 25.0 Å². The molecule has 3 aliphatic rings. The van der Waals surface area contributed by atoms with Crippen molar-refractivity contribution in [1.29, 1.82) is 0 Å². The first-order chi connectivity index (χ1) is 18.0. The maximum atomic E-state index is 13.9. The molecule has 0 unspecified atom stereocenters. The van der Waals surface area contributed by atoms with Gasteiger partial charge in [-0.05, 0) is 55.5 Å². The van der Waals surface area contributed by atoms with Gasteiger partial charge in [-0.3, -0.25) is 19.3 Å². The summed E-state index contributed by atoms with van der Waals surface area (Å²) in [4.78, 5) is 31.7. The van der Waals surface area contributed by atoms with Crippen molar-refractivity contribution < 1.29 is 22.8 Å². The first kappa shape index (κ1) is 24.1. The molecule has 3 saturated carbocycles. The maximum Gasteiger partial charge on any atom is 0.435 e. The van der Waals surface area contributed by atoms with E-state index < -0.39 is 23.2 Å². The molecule has 2 N–H and O–H groups in total. The molecule has 10 nitrogen and oxygen atoms in total. The summed E-state index contributed by atoms with van der Waals surface area (Å²) in [5.74, 6) is 0.130. The van der Waals surface area contributed by atoms with Gasteiger partial charge in [0.2, 0.25) is 5.91 Å². The van der Waals surface area contributed by atoms with Crippen LogP contribution in [0.5, 0.6) is 0 Å². The number of halogens is 3. The number of carbonyl (C=O) groups is 2. The zero-order chi connectivity index (χ0) is 27.0. The molecule has 0 spiro atoms. The zero-order valence-corrected chi connectivity index (χ0v) is 20.5. The van der Waals surface area contributed by atoms with Gasteiger partial charge in [-0.2, -0.15) is 23.4 Å². The number of nitrogen functional groups attached to an aromatic ring is 1. The van der Waals surface area contributed by atoms with Gasteiger partial charge in [-0.15, -0.1) is 5.10 Å². The monoisotopic (exact) mass is 524 g/mol. The van der Waals surface area contributed by atoms with E-state index in [4.69, 9.17) is 5.73 Å². The van der Waals surface area contributed by atoms with Crippen molar-refractivity contribution in [2.75, 3.05) is 12.8 Å². The zero-order valence-electron chi connectivity index (χ0n) is 20.5. The van der Waals surface area contributed by atoms with E-state index in [0.717, 1.165) is 31.4 Å². The lowest BCUT2D eigenvalue weighted by atomic mass is 9.44. The van der Waals surface area contributed by atoms with Gasteiger partial charge in [-0.25, -0.2) is 9.99 Å². The molecule has 0 aliphatic heterocycles. The van der Waals surface area contributed by atoms with Gasteiger partial charge in [0.1, 0.15) is 5.82 Å². The maximum absolute atomic E-state index is 13.9. The average molecular weight is 525 g/mol. The van der Waals surface area contributed by atoms with Crippen LogP contribution in [0.2, 0.25) is 0 Å². The number of alkyl halides is 3. The summed E-state index contributed by atoms with van der Waals surface area (Å²) in [6.45, 7) is -0.245. The van der Waals surface area contributed by atoms with E-state index in [9.17, 15) is 22.8 Å². The van der Waals surface area contributed by atoms with Crippen molar-refractivity contribution >= 4 is 39.4 Å². The summed E-state index contributed by atoms with van der Waals surface area (Å²) in [5, 5.41) is 14.9. The van der Waals surface area contributed by atoms with Gasteiger partial charge < -0.3 is 5.73 Å². The number of amides is 2. The molecular weight excluding hydrogens is 501 g/mol. The number of pyridine rings is 1. The molecule has 0 radical (unpaired) electrons. The van der Waals surface area contributed by atoms with Gasteiger partial charge in [0.15, 0.2) is 5.69 Å². The Kier molecular flexibility index (Phi) is 5.13. The van der Waals surface area contributed by atoms with Crippen molar-refractivity contribution in [3.8, 4) is 0 Å². The van der Waals surface area contributed by atoms with Gasteiger partial charge in [0.25, 0.3) is 5.91 Å². The Hall–Kier alpha value is -4.29. The number of hydrazine groups is 1. The van der Waals surface area contributed by atoms with Crippen molar-refractivity contribution in [3.05, 3.63) is 53.5 Å². The number of nitrogens with two attached hydrogens (primary N) is 1. The SMILES string of the molecule is CN(C(=O)C12CC(C1)C2)N(Cc1ccc(C(F)(F)F)nn1)C(=O)c1ccc2nc(N)c3cnn(C)c3c2c1. The van der Waals surface area contributed by atoms with Crippen molar-refractivity contribution in [3.63, 3.8) is 0 Å². The minimum atomic E-state index is -4.64. The van der Waals surface area contributed by atoms with E-state index in [1.807, 2.05) is 0 Å². The summed E-state index contributed by atoms with van der Waals surface area (Å²) in [6.07, 6.45) is -0.714. The normalized spacial score (nSPS) is 20.2. The first-order valence-electron chi connectivity index (χ1n) is 12.0. The Morgan fingerprint density at radius 1 is 1.13 bits per heavy atom. The molecule has 13 heteroatoms. The van der Waals surface area contributed by atoms with E-state index in [-0.39, 0.29) is 23.7 Å². The fourth-order valence-electron chi connectivity index (χ4n) is 5.50. The van der Waals surface area contributed by atoms with Crippen LogP contribution in [0.3, 0.4) is 0 Å². The van der Waals surface area contributed by atoms with Crippen LogP contribution in [0.25, 0.3) is 21.8 Å². The predicted octanol–water partition coefficient (Wildman–Crippen LogP) is 3.33. The van der Waals surface area contributed by atoms with Crippen LogP contribution >= 0.6 is 0 Å². The highest BCUT2D eigenvalue weighted by atomic mass is 19.4. The quantitative estimate of drug-likeness (QED) is 0.406. The molecule has 196 valence electrons. The van der Waals surface area contributed by atoms with Crippen LogP contribution in [0.4, 0.5) is 19.0 Å². The lowest BCUT2D eigenvalue weighted by Crippen LogP contribution is -2.63. The molecule has 38 heavy (non-hydrogen) atoms.